The van der Waals surface area contributed by atoms with Crippen molar-refractivity contribution >= 4 is 0 Å². The van der Waals surface area contributed by atoms with Gasteiger partial charge in [-0.3, -0.25) is 0 Å². The maximum absolute atomic E-state index is 9.66. The van der Waals surface area contributed by atoms with Crippen LogP contribution in [-0.2, 0) is 6.42 Å². The minimum Gasteiger partial charge on any atom is -0.508 e. The summed E-state index contributed by atoms with van der Waals surface area (Å²) in [5.74, 6) is 2.92. The van der Waals surface area contributed by atoms with E-state index in [0.29, 0.717) is 12.4 Å². The Balaban J connectivity index is 1.57. The van der Waals surface area contributed by atoms with Gasteiger partial charge in [0.25, 0.3) is 0 Å². The fourth-order valence-corrected chi connectivity index (χ4v) is 3.91. The SMILES string of the molecule is C=C(C)C1Cc2c(ccc3c2O[C@H]2c4ccc(O)cc4OC[C@H]32)O1. The minimum atomic E-state index is -0.0697. The molecular weight excluding hydrogens is 304 g/mol. The van der Waals surface area contributed by atoms with E-state index >= 15 is 0 Å². The van der Waals surface area contributed by atoms with Gasteiger partial charge >= 0.3 is 0 Å². The lowest BCUT2D eigenvalue weighted by molar-refractivity contribution is 0.138. The zero-order valence-electron chi connectivity index (χ0n) is 13.4. The van der Waals surface area contributed by atoms with Crippen LogP contribution >= 0.6 is 0 Å². The molecule has 4 nitrogen and oxygen atoms in total. The van der Waals surface area contributed by atoms with Crippen LogP contribution in [0.15, 0.2) is 42.5 Å². The zero-order chi connectivity index (χ0) is 16.4. The van der Waals surface area contributed by atoms with Crippen molar-refractivity contribution in [2.24, 2.45) is 0 Å². The van der Waals surface area contributed by atoms with E-state index in [1.807, 2.05) is 19.1 Å². The highest BCUT2D eigenvalue weighted by Gasteiger charge is 2.43. The molecule has 0 amide bonds. The maximum atomic E-state index is 9.66. The molecule has 3 aliphatic heterocycles. The quantitative estimate of drug-likeness (QED) is 0.810. The molecular formula is C20H18O4. The van der Waals surface area contributed by atoms with Crippen LogP contribution in [0.25, 0.3) is 0 Å². The van der Waals surface area contributed by atoms with Crippen molar-refractivity contribution in [2.75, 3.05) is 6.61 Å². The second kappa shape index (κ2) is 4.69. The molecule has 2 aromatic rings. The summed E-state index contributed by atoms with van der Waals surface area (Å²) in [7, 11) is 0. The molecule has 0 saturated heterocycles. The number of phenolic OH excluding ortho intramolecular Hbond substituents is 1. The molecule has 0 fully saturated rings. The largest absolute Gasteiger partial charge is 0.508 e. The number of fused-ring (bicyclic) bond motifs is 7. The van der Waals surface area contributed by atoms with E-state index in [9.17, 15) is 5.11 Å². The molecule has 3 heterocycles. The molecule has 1 unspecified atom stereocenters. The number of hydrogen-bond donors (Lipinski definition) is 1. The second-order valence-electron chi connectivity index (χ2n) is 6.80. The summed E-state index contributed by atoms with van der Waals surface area (Å²) in [6.45, 7) is 6.56. The van der Waals surface area contributed by atoms with Crippen molar-refractivity contribution in [3.05, 3.63) is 59.2 Å². The van der Waals surface area contributed by atoms with Crippen LogP contribution in [0.5, 0.6) is 23.0 Å². The number of hydrogen-bond acceptors (Lipinski definition) is 4. The van der Waals surface area contributed by atoms with Crippen molar-refractivity contribution < 1.29 is 19.3 Å². The molecule has 0 spiro atoms. The number of phenols is 1. The van der Waals surface area contributed by atoms with Crippen LogP contribution in [0, 0.1) is 0 Å². The Labute approximate surface area is 140 Å². The topological polar surface area (TPSA) is 47.9 Å². The van der Waals surface area contributed by atoms with Crippen LogP contribution in [0.1, 0.15) is 35.6 Å². The van der Waals surface area contributed by atoms with Crippen molar-refractivity contribution in [1.82, 2.24) is 0 Å². The Kier molecular flexibility index (Phi) is 2.70. The molecule has 1 N–H and O–H groups in total. The van der Waals surface area contributed by atoms with E-state index in [-0.39, 0.29) is 23.9 Å². The molecule has 122 valence electrons. The Hall–Kier alpha value is -2.62. The van der Waals surface area contributed by atoms with Crippen molar-refractivity contribution in [3.8, 4) is 23.0 Å². The van der Waals surface area contributed by atoms with Gasteiger partial charge in [-0.1, -0.05) is 12.6 Å². The average molecular weight is 322 g/mol. The molecule has 4 heteroatoms. The zero-order valence-corrected chi connectivity index (χ0v) is 13.4. The predicted octanol–water partition coefficient (Wildman–Crippen LogP) is 3.88. The first kappa shape index (κ1) is 13.8. The molecule has 0 aliphatic carbocycles. The molecule has 3 atom stereocenters. The van der Waals surface area contributed by atoms with Gasteiger partial charge in [0, 0.05) is 29.2 Å². The fourth-order valence-electron chi connectivity index (χ4n) is 3.91. The van der Waals surface area contributed by atoms with E-state index in [4.69, 9.17) is 14.2 Å². The molecule has 3 aliphatic rings. The summed E-state index contributed by atoms with van der Waals surface area (Å²) >= 11 is 0. The Morgan fingerprint density at radius 3 is 2.79 bits per heavy atom. The van der Waals surface area contributed by atoms with Gasteiger partial charge in [0.2, 0.25) is 0 Å². The first-order chi connectivity index (χ1) is 11.6. The van der Waals surface area contributed by atoms with Crippen LogP contribution in [0.3, 0.4) is 0 Å². The van der Waals surface area contributed by atoms with Gasteiger partial charge in [-0.15, -0.1) is 0 Å². The van der Waals surface area contributed by atoms with Gasteiger partial charge in [0.15, 0.2) is 0 Å². The molecule has 5 rings (SSSR count). The fraction of sp³-hybridized carbons (Fsp3) is 0.300. The van der Waals surface area contributed by atoms with Crippen LogP contribution in [0.2, 0.25) is 0 Å². The third kappa shape index (κ3) is 1.80. The Morgan fingerprint density at radius 1 is 1.12 bits per heavy atom. The Morgan fingerprint density at radius 2 is 1.96 bits per heavy atom. The molecule has 24 heavy (non-hydrogen) atoms. The minimum absolute atomic E-state index is 0.0261. The smallest absolute Gasteiger partial charge is 0.138 e. The van der Waals surface area contributed by atoms with Crippen molar-refractivity contribution in [1.29, 1.82) is 0 Å². The highest BCUT2D eigenvalue weighted by atomic mass is 16.5. The molecule has 0 bridgehead atoms. The van der Waals surface area contributed by atoms with E-state index in [0.717, 1.165) is 34.6 Å². The Bertz CT molecular complexity index is 870. The van der Waals surface area contributed by atoms with Gasteiger partial charge in [-0.2, -0.15) is 0 Å². The highest BCUT2D eigenvalue weighted by Crippen LogP contribution is 2.55. The standard InChI is InChI=1S/C20H18O4/c1-10(2)17-8-14-16(23-17)6-5-12-15-9-22-18-7-11(21)3-4-13(18)20(15)24-19(12)14/h3-7,15,17,20-21H,1,8-9H2,2H3/t15-,17?,20+/m1/s1. The van der Waals surface area contributed by atoms with E-state index in [1.165, 1.54) is 5.56 Å². The molecule has 0 aromatic heterocycles. The highest BCUT2D eigenvalue weighted by molar-refractivity contribution is 5.59. The lowest BCUT2D eigenvalue weighted by Gasteiger charge is -2.27. The van der Waals surface area contributed by atoms with E-state index < -0.39 is 0 Å². The lowest BCUT2D eigenvalue weighted by atomic mass is 9.88. The van der Waals surface area contributed by atoms with E-state index in [2.05, 4.69) is 12.6 Å². The monoisotopic (exact) mass is 322 g/mol. The number of rotatable bonds is 1. The summed E-state index contributed by atoms with van der Waals surface area (Å²) in [6, 6.07) is 9.36. The van der Waals surface area contributed by atoms with E-state index in [1.54, 1.807) is 12.1 Å². The second-order valence-corrected chi connectivity index (χ2v) is 6.80. The number of ether oxygens (including phenoxy) is 3. The molecule has 0 saturated carbocycles. The van der Waals surface area contributed by atoms with Crippen LogP contribution in [-0.4, -0.2) is 17.8 Å². The van der Waals surface area contributed by atoms with Crippen molar-refractivity contribution in [3.63, 3.8) is 0 Å². The summed E-state index contributed by atoms with van der Waals surface area (Å²) in [6.07, 6.45) is 0.759. The number of aromatic hydroxyl groups is 1. The lowest BCUT2D eigenvalue weighted by Crippen LogP contribution is -2.23. The first-order valence-corrected chi connectivity index (χ1v) is 8.22. The molecule has 2 aromatic carbocycles. The summed E-state index contributed by atoms with van der Waals surface area (Å²) in [4.78, 5) is 0. The summed E-state index contributed by atoms with van der Waals surface area (Å²) < 4.78 is 18.2. The van der Waals surface area contributed by atoms with Gasteiger partial charge in [0.05, 0.1) is 12.5 Å². The first-order valence-electron chi connectivity index (χ1n) is 8.22. The van der Waals surface area contributed by atoms with Crippen LogP contribution < -0.4 is 14.2 Å². The van der Waals surface area contributed by atoms with Gasteiger partial charge in [-0.05, 0) is 30.7 Å². The maximum Gasteiger partial charge on any atom is 0.138 e. The van der Waals surface area contributed by atoms with Gasteiger partial charge in [0.1, 0.15) is 35.2 Å². The van der Waals surface area contributed by atoms with Gasteiger partial charge < -0.3 is 19.3 Å². The molecule has 0 radical (unpaired) electrons. The van der Waals surface area contributed by atoms with Gasteiger partial charge in [-0.25, -0.2) is 0 Å². The predicted molar refractivity (Wildman–Crippen MR) is 89.1 cm³/mol. The summed E-state index contributed by atoms with van der Waals surface area (Å²) in [5, 5.41) is 9.66. The third-order valence-corrected chi connectivity index (χ3v) is 5.19. The summed E-state index contributed by atoms with van der Waals surface area (Å²) in [5.41, 5.74) is 4.34. The normalized spacial score (nSPS) is 25.5. The average Bonchev–Trinajstić information content (AvgIpc) is 3.15. The third-order valence-electron chi connectivity index (χ3n) is 5.19. The van der Waals surface area contributed by atoms with Crippen LogP contribution in [0.4, 0.5) is 0 Å². The number of benzene rings is 2. The van der Waals surface area contributed by atoms with Crippen molar-refractivity contribution in [2.45, 2.75) is 31.5 Å².